The number of methoxy groups -OCH3 is 1. The first-order valence-electron chi connectivity index (χ1n) is 15.4. The molecule has 268 valence electrons. The molecular formula is C35H38F3N3O7S2. The van der Waals surface area contributed by atoms with Crippen LogP contribution in [0.2, 0.25) is 0 Å². The van der Waals surface area contributed by atoms with Crippen molar-refractivity contribution < 1.29 is 46.1 Å². The summed E-state index contributed by atoms with van der Waals surface area (Å²) in [6.07, 6.45) is -6.83. The standard InChI is InChI=1S/C35H38F3N3O7S2/c1-22(2)41(50(46,47)26-16-14-23(20-42)15-17-26)27(21-43)28-18-19-29(49-28)32(35(36,37)38)40(34(45)48-3)33(44)31(39)30(24-10-6-4-7-11-24)25-12-8-5-9-13-25/h4-19,22,27,30-32,42-43H,20-21,39H2,1-3H3/t27-,31+,32-/m1/s1. The van der Waals surface area contributed by atoms with E-state index in [-0.39, 0.29) is 21.3 Å². The maximum Gasteiger partial charge on any atom is 0.417 e. The molecule has 50 heavy (non-hydrogen) atoms. The van der Waals surface area contributed by atoms with Gasteiger partial charge in [-0.3, -0.25) is 4.79 Å². The Morgan fingerprint density at radius 3 is 1.82 bits per heavy atom. The van der Waals surface area contributed by atoms with E-state index in [9.17, 15) is 28.2 Å². The molecule has 4 aromatic rings. The molecular weight excluding hydrogens is 696 g/mol. The Balaban J connectivity index is 1.79. The fraction of sp³-hybridized carbons (Fsp3) is 0.314. The number of benzene rings is 3. The van der Waals surface area contributed by atoms with Gasteiger partial charge in [-0.2, -0.15) is 17.5 Å². The van der Waals surface area contributed by atoms with Gasteiger partial charge in [0, 0.05) is 21.7 Å². The molecule has 4 N–H and O–H groups in total. The average Bonchev–Trinajstić information content (AvgIpc) is 3.58. The summed E-state index contributed by atoms with van der Waals surface area (Å²) in [5.74, 6) is -2.30. The highest BCUT2D eigenvalue weighted by molar-refractivity contribution is 7.89. The third kappa shape index (κ3) is 8.25. The molecule has 1 heterocycles. The Bertz CT molecular complexity index is 1800. The topological polar surface area (TPSA) is 150 Å². The molecule has 0 spiro atoms. The molecule has 0 saturated carbocycles. The molecule has 3 atom stereocenters. The number of hydrogen-bond acceptors (Lipinski definition) is 9. The van der Waals surface area contributed by atoms with Crippen LogP contribution in [0.5, 0.6) is 0 Å². The van der Waals surface area contributed by atoms with E-state index in [1.807, 2.05) is 0 Å². The van der Waals surface area contributed by atoms with E-state index < -0.39 is 69.8 Å². The van der Waals surface area contributed by atoms with E-state index in [1.54, 1.807) is 74.5 Å². The Hall–Kier alpha value is -4.12. The molecule has 1 aromatic heterocycles. The van der Waals surface area contributed by atoms with Gasteiger partial charge in [-0.1, -0.05) is 72.8 Å². The number of sulfonamides is 1. The number of ether oxygens (including phenoxy) is 1. The molecule has 0 bridgehead atoms. The Morgan fingerprint density at radius 1 is 0.860 bits per heavy atom. The van der Waals surface area contributed by atoms with Crippen LogP contribution in [0.25, 0.3) is 0 Å². The van der Waals surface area contributed by atoms with Crippen molar-refractivity contribution in [2.24, 2.45) is 5.73 Å². The van der Waals surface area contributed by atoms with Crippen molar-refractivity contribution in [3.05, 3.63) is 124 Å². The number of aliphatic hydroxyl groups excluding tert-OH is 2. The van der Waals surface area contributed by atoms with Crippen LogP contribution in [0, 0.1) is 0 Å². The first-order valence-corrected chi connectivity index (χ1v) is 17.7. The van der Waals surface area contributed by atoms with Gasteiger partial charge >= 0.3 is 12.3 Å². The zero-order valence-corrected chi connectivity index (χ0v) is 29.0. The van der Waals surface area contributed by atoms with Gasteiger partial charge in [-0.05, 0) is 54.8 Å². The summed E-state index contributed by atoms with van der Waals surface area (Å²) in [6.45, 7) is 1.97. The van der Waals surface area contributed by atoms with E-state index >= 15 is 13.2 Å². The predicted molar refractivity (Wildman–Crippen MR) is 181 cm³/mol. The van der Waals surface area contributed by atoms with Crippen molar-refractivity contribution >= 4 is 33.4 Å². The number of thiophene rings is 1. The first kappa shape index (κ1) is 38.7. The van der Waals surface area contributed by atoms with Crippen molar-refractivity contribution in [2.45, 2.75) is 61.6 Å². The molecule has 0 saturated heterocycles. The highest BCUT2D eigenvalue weighted by atomic mass is 32.2. The molecule has 3 aromatic carbocycles. The van der Waals surface area contributed by atoms with Crippen LogP contribution in [0.4, 0.5) is 18.0 Å². The number of rotatable bonds is 13. The lowest BCUT2D eigenvalue weighted by atomic mass is 9.84. The summed E-state index contributed by atoms with van der Waals surface area (Å²) in [5.41, 5.74) is 7.98. The Labute approximate surface area is 292 Å². The monoisotopic (exact) mass is 733 g/mol. The number of carbonyl (C=O) groups excluding carboxylic acids is 2. The van der Waals surface area contributed by atoms with Gasteiger partial charge in [0.15, 0.2) is 6.04 Å². The number of halogens is 3. The lowest BCUT2D eigenvalue weighted by molar-refractivity contribution is -0.186. The summed E-state index contributed by atoms with van der Waals surface area (Å²) in [5, 5.41) is 19.8. The molecule has 10 nitrogen and oxygen atoms in total. The molecule has 2 amide bonds. The van der Waals surface area contributed by atoms with E-state index in [4.69, 9.17) is 10.5 Å². The highest BCUT2D eigenvalue weighted by Gasteiger charge is 2.52. The SMILES string of the molecule is COC(=O)N(C(=O)[C@@H](N)C(c1ccccc1)c1ccccc1)[C@H](c1ccc([C@@H](CO)N(C(C)C)S(=O)(=O)c2ccc(CO)cc2)s1)C(F)(F)F. The van der Waals surface area contributed by atoms with Crippen LogP contribution in [-0.4, -0.2) is 71.8 Å². The van der Waals surface area contributed by atoms with Crippen molar-refractivity contribution in [3.8, 4) is 0 Å². The van der Waals surface area contributed by atoms with Crippen LogP contribution in [0.3, 0.4) is 0 Å². The van der Waals surface area contributed by atoms with Crippen LogP contribution in [0.15, 0.2) is 102 Å². The lowest BCUT2D eigenvalue weighted by Gasteiger charge is -2.34. The molecule has 0 unspecified atom stereocenters. The fourth-order valence-corrected chi connectivity index (χ4v) is 8.85. The van der Waals surface area contributed by atoms with Crippen LogP contribution in [-0.2, 0) is 26.2 Å². The second kappa shape index (κ2) is 16.3. The third-order valence-corrected chi connectivity index (χ3v) is 11.4. The largest absolute Gasteiger partial charge is 0.452 e. The minimum atomic E-state index is -5.23. The fourth-order valence-electron chi connectivity index (χ4n) is 5.77. The second-order valence-corrected chi connectivity index (χ2v) is 14.6. The smallest absolute Gasteiger partial charge is 0.417 e. The predicted octanol–water partition coefficient (Wildman–Crippen LogP) is 5.73. The van der Waals surface area contributed by atoms with E-state index in [0.29, 0.717) is 28.0 Å². The van der Waals surface area contributed by atoms with Gasteiger partial charge in [0.1, 0.15) is 0 Å². The van der Waals surface area contributed by atoms with E-state index in [0.717, 1.165) is 17.5 Å². The van der Waals surface area contributed by atoms with Gasteiger partial charge in [0.25, 0.3) is 5.91 Å². The van der Waals surface area contributed by atoms with Crippen molar-refractivity contribution in [1.29, 1.82) is 0 Å². The zero-order chi connectivity index (χ0) is 36.8. The number of aliphatic hydroxyl groups is 2. The Kier molecular flexibility index (Phi) is 12.6. The molecule has 0 aliphatic carbocycles. The third-order valence-electron chi connectivity index (χ3n) is 8.05. The quantitative estimate of drug-likeness (QED) is 0.158. The normalized spacial score (nSPS) is 14.1. The van der Waals surface area contributed by atoms with Crippen molar-refractivity contribution in [3.63, 3.8) is 0 Å². The van der Waals surface area contributed by atoms with Crippen molar-refractivity contribution in [1.82, 2.24) is 9.21 Å². The van der Waals surface area contributed by atoms with Gasteiger partial charge in [0.05, 0.1) is 37.3 Å². The first-order chi connectivity index (χ1) is 23.7. The van der Waals surface area contributed by atoms with Crippen LogP contribution < -0.4 is 5.73 Å². The number of amides is 2. The molecule has 0 aliphatic heterocycles. The van der Waals surface area contributed by atoms with Crippen LogP contribution in [0.1, 0.15) is 58.3 Å². The Morgan fingerprint density at radius 2 is 1.38 bits per heavy atom. The van der Waals surface area contributed by atoms with Crippen molar-refractivity contribution in [2.75, 3.05) is 13.7 Å². The van der Waals surface area contributed by atoms with Gasteiger partial charge < -0.3 is 20.7 Å². The summed E-state index contributed by atoms with van der Waals surface area (Å²) in [7, 11) is -3.48. The zero-order valence-electron chi connectivity index (χ0n) is 27.4. The number of hydrogen-bond donors (Lipinski definition) is 3. The maximum atomic E-state index is 15.1. The molecule has 0 fully saturated rings. The molecule has 4 rings (SSSR count). The summed E-state index contributed by atoms with van der Waals surface area (Å²) < 4.78 is 78.5. The second-order valence-electron chi connectivity index (χ2n) is 11.6. The molecule has 0 radical (unpaired) electrons. The van der Waals surface area contributed by atoms with Gasteiger partial charge in [-0.15, -0.1) is 11.3 Å². The molecule has 15 heteroatoms. The maximum absolute atomic E-state index is 15.1. The van der Waals surface area contributed by atoms with Crippen LogP contribution >= 0.6 is 11.3 Å². The summed E-state index contributed by atoms with van der Waals surface area (Å²) in [4.78, 5) is 26.5. The number of alkyl halides is 3. The average molecular weight is 734 g/mol. The number of imide groups is 1. The van der Waals surface area contributed by atoms with E-state index in [2.05, 4.69) is 0 Å². The number of carbonyl (C=O) groups is 2. The van der Waals surface area contributed by atoms with Gasteiger partial charge in [-0.25, -0.2) is 18.1 Å². The summed E-state index contributed by atoms with van der Waals surface area (Å²) in [6, 6.07) is 17.9. The van der Waals surface area contributed by atoms with Gasteiger partial charge in [0.2, 0.25) is 10.0 Å². The lowest BCUT2D eigenvalue weighted by Crippen LogP contribution is -2.53. The highest BCUT2D eigenvalue weighted by Crippen LogP contribution is 2.44. The number of nitrogens with two attached hydrogens (primary N) is 1. The van der Waals surface area contributed by atoms with E-state index in [1.165, 1.54) is 30.3 Å². The molecule has 0 aliphatic rings. The minimum Gasteiger partial charge on any atom is -0.452 e. The number of nitrogens with zero attached hydrogens (tertiary/aromatic N) is 2. The summed E-state index contributed by atoms with van der Waals surface area (Å²) >= 11 is 0.489. The minimum absolute atomic E-state index is 0.0222.